The lowest BCUT2D eigenvalue weighted by molar-refractivity contribution is 0.288. The van der Waals surface area contributed by atoms with Crippen LogP contribution in [0.15, 0.2) is 42.5 Å². The Balaban J connectivity index is 2.17. The number of aryl methyl sites for hydroxylation is 1. The molecule has 0 aliphatic rings. The van der Waals surface area contributed by atoms with Crippen molar-refractivity contribution in [2.24, 2.45) is 0 Å². The van der Waals surface area contributed by atoms with Crippen LogP contribution in [0.3, 0.4) is 0 Å². The lowest BCUT2D eigenvalue weighted by atomic mass is 9.93. The van der Waals surface area contributed by atoms with Crippen molar-refractivity contribution < 1.29 is 12.6 Å². The van der Waals surface area contributed by atoms with Gasteiger partial charge in [0.05, 0.1) is 12.9 Å². The van der Waals surface area contributed by atoms with Gasteiger partial charge in [-0.2, -0.15) is 8.42 Å². The summed E-state index contributed by atoms with van der Waals surface area (Å²) in [6.45, 7) is 0.0355. The van der Waals surface area contributed by atoms with Crippen molar-refractivity contribution in [2.45, 2.75) is 18.8 Å². The van der Waals surface area contributed by atoms with E-state index in [9.17, 15) is 8.42 Å². The van der Waals surface area contributed by atoms with Crippen molar-refractivity contribution >= 4 is 44.9 Å². The first-order chi connectivity index (χ1) is 11.2. The SMILES string of the molecule is CS(=O)(=O)OC[C@@H](CCc1ccc(Cl)cc1)c1ccc(Cl)cc1Cl. The quantitative estimate of drug-likeness (QED) is 0.582. The normalized spacial score (nSPS) is 13.0. The summed E-state index contributed by atoms with van der Waals surface area (Å²) in [6.07, 6.45) is 2.46. The summed E-state index contributed by atoms with van der Waals surface area (Å²) in [6, 6.07) is 12.7. The molecule has 7 heteroatoms. The first-order valence-corrected chi connectivity index (χ1v) is 10.2. The van der Waals surface area contributed by atoms with Gasteiger partial charge in [0.1, 0.15) is 0 Å². The van der Waals surface area contributed by atoms with Crippen molar-refractivity contribution in [1.82, 2.24) is 0 Å². The van der Waals surface area contributed by atoms with Crippen LogP contribution in [0, 0.1) is 0 Å². The fourth-order valence-electron chi connectivity index (χ4n) is 2.36. The van der Waals surface area contributed by atoms with E-state index in [0.717, 1.165) is 23.8 Å². The van der Waals surface area contributed by atoms with Crippen molar-refractivity contribution in [3.63, 3.8) is 0 Å². The Morgan fingerprint density at radius 3 is 2.21 bits per heavy atom. The first kappa shape index (κ1) is 19.5. The second kappa shape index (κ2) is 8.54. The maximum absolute atomic E-state index is 11.3. The minimum atomic E-state index is -3.52. The zero-order chi connectivity index (χ0) is 17.7. The van der Waals surface area contributed by atoms with Gasteiger partial charge in [-0.05, 0) is 48.2 Å². The molecule has 3 nitrogen and oxygen atoms in total. The standard InChI is InChI=1S/C17H17Cl3O3S/c1-24(21,22)23-11-13(16-9-8-15(19)10-17(16)20)5-2-12-3-6-14(18)7-4-12/h3-4,6-10,13H,2,5,11H2,1H3/t13-/m1/s1. The van der Waals surface area contributed by atoms with Crippen LogP contribution in [0.5, 0.6) is 0 Å². The van der Waals surface area contributed by atoms with Crippen molar-refractivity contribution in [3.8, 4) is 0 Å². The number of rotatable bonds is 7. The second-order valence-corrected chi connectivity index (χ2v) is 8.44. The lowest BCUT2D eigenvalue weighted by Crippen LogP contribution is -2.13. The van der Waals surface area contributed by atoms with Gasteiger partial charge in [-0.25, -0.2) is 0 Å². The van der Waals surface area contributed by atoms with Crippen molar-refractivity contribution in [3.05, 3.63) is 68.7 Å². The lowest BCUT2D eigenvalue weighted by Gasteiger charge is -2.18. The van der Waals surface area contributed by atoms with Gasteiger partial charge in [0.15, 0.2) is 0 Å². The topological polar surface area (TPSA) is 43.4 Å². The summed E-state index contributed by atoms with van der Waals surface area (Å²) >= 11 is 18.1. The summed E-state index contributed by atoms with van der Waals surface area (Å²) in [5.41, 5.74) is 1.92. The molecule has 0 amide bonds. The Hall–Kier alpha value is -0.780. The zero-order valence-electron chi connectivity index (χ0n) is 13.0. The molecule has 130 valence electrons. The Bertz CT molecular complexity index is 789. The number of benzene rings is 2. The highest BCUT2D eigenvalue weighted by Crippen LogP contribution is 2.31. The van der Waals surface area contributed by atoms with Gasteiger partial charge in [-0.1, -0.05) is 53.0 Å². The van der Waals surface area contributed by atoms with E-state index in [1.54, 1.807) is 12.1 Å². The van der Waals surface area contributed by atoms with Crippen LogP contribution in [-0.4, -0.2) is 21.3 Å². The van der Waals surface area contributed by atoms with Crippen LogP contribution in [0.4, 0.5) is 0 Å². The molecule has 0 fully saturated rings. The van der Waals surface area contributed by atoms with Gasteiger partial charge in [0.2, 0.25) is 0 Å². The van der Waals surface area contributed by atoms with Crippen molar-refractivity contribution in [1.29, 1.82) is 0 Å². The molecule has 0 saturated heterocycles. The highest BCUT2D eigenvalue weighted by atomic mass is 35.5. The van der Waals surface area contributed by atoms with Gasteiger partial charge in [-0.15, -0.1) is 0 Å². The monoisotopic (exact) mass is 406 g/mol. The highest BCUT2D eigenvalue weighted by Gasteiger charge is 2.18. The first-order valence-electron chi connectivity index (χ1n) is 7.28. The molecule has 24 heavy (non-hydrogen) atoms. The van der Waals surface area contributed by atoms with E-state index in [1.807, 2.05) is 30.3 Å². The Morgan fingerprint density at radius 2 is 1.62 bits per heavy atom. The summed E-state index contributed by atoms with van der Waals surface area (Å²) in [7, 11) is -3.52. The molecule has 1 atom stereocenters. The highest BCUT2D eigenvalue weighted by molar-refractivity contribution is 7.85. The van der Waals surface area contributed by atoms with Gasteiger partial charge in [-0.3, -0.25) is 4.18 Å². The average Bonchev–Trinajstić information content (AvgIpc) is 2.49. The molecule has 0 N–H and O–H groups in total. The third kappa shape index (κ3) is 6.26. The molecular formula is C17H17Cl3O3S. The maximum atomic E-state index is 11.3. The average molecular weight is 408 g/mol. The van der Waals surface area contributed by atoms with Crippen LogP contribution >= 0.6 is 34.8 Å². The minimum Gasteiger partial charge on any atom is -0.270 e. The molecule has 0 aliphatic carbocycles. The van der Waals surface area contributed by atoms with E-state index in [0.29, 0.717) is 21.5 Å². The van der Waals surface area contributed by atoms with E-state index in [2.05, 4.69) is 0 Å². The molecule has 0 heterocycles. The molecule has 0 aliphatic heterocycles. The molecule has 0 radical (unpaired) electrons. The molecule has 0 bridgehead atoms. The molecule has 2 aromatic carbocycles. The fourth-order valence-corrected chi connectivity index (χ4v) is 3.46. The Kier molecular flexibility index (Phi) is 6.96. The Morgan fingerprint density at radius 1 is 1.00 bits per heavy atom. The predicted octanol–water partition coefficient (Wildman–Crippen LogP) is 5.34. The molecule has 0 spiro atoms. The molecule has 2 aromatic rings. The molecule has 0 aromatic heterocycles. The van der Waals surface area contributed by atoms with Crippen molar-refractivity contribution in [2.75, 3.05) is 12.9 Å². The maximum Gasteiger partial charge on any atom is 0.264 e. The van der Waals surface area contributed by atoms with E-state index in [-0.39, 0.29) is 12.5 Å². The third-order valence-electron chi connectivity index (χ3n) is 3.58. The van der Waals surface area contributed by atoms with Crippen LogP contribution in [0.2, 0.25) is 15.1 Å². The van der Waals surface area contributed by atoms with Crippen LogP contribution in [-0.2, 0) is 20.7 Å². The number of hydrogen-bond donors (Lipinski definition) is 0. The van der Waals surface area contributed by atoms with Gasteiger partial charge in [0.25, 0.3) is 10.1 Å². The summed E-state index contributed by atoms with van der Waals surface area (Å²) in [5, 5.41) is 1.71. The molecule has 0 saturated carbocycles. The summed E-state index contributed by atoms with van der Waals surface area (Å²) in [4.78, 5) is 0. The van der Waals surface area contributed by atoms with Gasteiger partial charge < -0.3 is 0 Å². The fraction of sp³-hybridized carbons (Fsp3) is 0.294. The largest absolute Gasteiger partial charge is 0.270 e. The second-order valence-electron chi connectivity index (χ2n) is 5.52. The minimum absolute atomic E-state index is 0.0355. The van der Waals surface area contributed by atoms with E-state index >= 15 is 0 Å². The third-order valence-corrected chi connectivity index (χ3v) is 4.96. The molecule has 2 rings (SSSR count). The van der Waals surface area contributed by atoms with Crippen LogP contribution in [0.25, 0.3) is 0 Å². The number of halogens is 3. The van der Waals surface area contributed by atoms with Crippen LogP contribution < -0.4 is 0 Å². The Labute approximate surface area is 157 Å². The predicted molar refractivity (Wildman–Crippen MR) is 99.8 cm³/mol. The van der Waals surface area contributed by atoms with Gasteiger partial charge in [0, 0.05) is 21.0 Å². The van der Waals surface area contributed by atoms with E-state index < -0.39 is 10.1 Å². The van der Waals surface area contributed by atoms with E-state index in [4.69, 9.17) is 39.0 Å². The van der Waals surface area contributed by atoms with E-state index in [1.165, 1.54) is 0 Å². The van der Waals surface area contributed by atoms with Gasteiger partial charge >= 0.3 is 0 Å². The summed E-state index contributed by atoms with van der Waals surface area (Å²) < 4.78 is 27.7. The van der Waals surface area contributed by atoms with Crippen LogP contribution in [0.1, 0.15) is 23.5 Å². The number of hydrogen-bond acceptors (Lipinski definition) is 3. The smallest absolute Gasteiger partial charge is 0.264 e. The molecular weight excluding hydrogens is 391 g/mol. The molecule has 0 unspecified atom stereocenters. The summed E-state index contributed by atoms with van der Waals surface area (Å²) in [5.74, 6) is -0.167. The zero-order valence-corrected chi connectivity index (χ0v) is 16.1.